The van der Waals surface area contributed by atoms with E-state index in [2.05, 4.69) is 25.1 Å². The van der Waals surface area contributed by atoms with E-state index in [-0.39, 0.29) is 18.0 Å². The predicted octanol–water partition coefficient (Wildman–Crippen LogP) is 5.65. The van der Waals surface area contributed by atoms with Crippen molar-refractivity contribution in [3.8, 4) is 11.3 Å². The van der Waals surface area contributed by atoms with Gasteiger partial charge in [0.15, 0.2) is 5.82 Å². The number of anilines is 2. The Balaban J connectivity index is 1.26. The molecule has 1 amide bonds. The van der Waals surface area contributed by atoms with Crippen molar-refractivity contribution in [2.24, 2.45) is 0 Å². The molecule has 1 fully saturated rings. The van der Waals surface area contributed by atoms with Gasteiger partial charge in [0.25, 0.3) is 10.0 Å². The van der Waals surface area contributed by atoms with E-state index in [4.69, 9.17) is 9.72 Å². The molecule has 240 valence electrons. The molecule has 14 heteroatoms. The van der Waals surface area contributed by atoms with E-state index < -0.39 is 26.3 Å². The van der Waals surface area contributed by atoms with Crippen molar-refractivity contribution in [1.82, 2.24) is 29.5 Å². The van der Waals surface area contributed by atoms with Crippen LogP contribution in [0.25, 0.3) is 27.7 Å². The van der Waals surface area contributed by atoms with Crippen LogP contribution in [0.15, 0.2) is 66.0 Å². The van der Waals surface area contributed by atoms with Crippen molar-refractivity contribution in [3.05, 3.63) is 72.4 Å². The first-order valence-corrected chi connectivity index (χ1v) is 16.5. The predicted molar refractivity (Wildman–Crippen MR) is 173 cm³/mol. The van der Waals surface area contributed by atoms with Gasteiger partial charge in [0.1, 0.15) is 28.2 Å². The fourth-order valence-corrected chi connectivity index (χ4v) is 6.66. The highest BCUT2D eigenvalue weighted by atomic mass is 32.2. The fraction of sp³-hybridized carbons (Fsp3) is 0.344. The van der Waals surface area contributed by atoms with Gasteiger partial charge in [-0.2, -0.15) is 5.10 Å². The average molecular weight is 647 g/mol. The fourth-order valence-electron chi connectivity index (χ4n) is 5.55. The minimum absolute atomic E-state index is 0.0140. The van der Waals surface area contributed by atoms with Crippen LogP contribution in [0.4, 0.5) is 21.0 Å². The Morgan fingerprint density at radius 2 is 1.93 bits per heavy atom. The molecule has 0 radical (unpaired) electrons. The Bertz CT molecular complexity index is 2040. The number of carbonyl (C=O) groups excluding carboxylic acids is 1. The zero-order chi connectivity index (χ0) is 32.6. The molecule has 4 heterocycles. The Kier molecular flexibility index (Phi) is 8.23. The lowest BCUT2D eigenvalue weighted by molar-refractivity contribution is 0.0206. The molecule has 5 aromatic rings. The minimum Gasteiger partial charge on any atom is -0.444 e. The molecule has 2 N–H and O–H groups in total. The van der Waals surface area contributed by atoms with Gasteiger partial charge in [-0.3, -0.25) is 4.72 Å². The number of hydrogen-bond acceptors (Lipinski definition) is 9. The number of rotatable bonds is 7. The molecule has 6 rings (SSSR count). The zero-order valence-electron chi connectivity index (χ0n) is 26.0. The first kappa shape index (κ1) is 31.1. The van der Waals surface area contributed by atoms with Crippen molar-refractivity contribution >= 4 is 44.3 Å². The molecule has 1 aliphatic heterocycles. The third-order valence-corrected chi connectivity index (χ3v) is 9.03. The smallest absolute Gasteiger partial charge is 0.410 e. The van der Waals surface area contributed by atoms with Gasteiger partial charge in [-0.25, -0.2) is 37.1 Å². The lowest BCUT2D eigenvalue weighted by Crippen LogP contribution is -2.47. The van der Waals surface area contributed by atoms with E-state index >= 15 is 0 Å². The SMILES string of the molecule is CCc1cc(-c2ccc3c(NS(=O)(=O)c4ccccc4F)ncnn23)cc2cnc(N[C@H]3CCCN(C(=O)OC(C)(C)C)C3)nc12. The molecular weight excluding hydrogens is 611 g/mol. The van der Waals surface area contributed by atoms with Gasteiger partial charge in [0.05, 0.1) is 11.2 Å². The number of piperidine rings is 1. The molecule has 0 unspecified atom stereocenters. The monoisotopic (exact) mass is 646 g/mol. The van der Waals surface area contributed by atoms with Crippen LogP contribution < -0.4 is 10.0 Å². The summed E-state index contributed by atoms with van der Waals surface area (Å²) in [5, 5.41) is 8.60. The van der Waals surface area contributed by atoms with Crippen LogP contribution in [0.3, 0.4) is 0 Å². The average Bonchev–Trinajstić information content (AvgIpc) is 3.45. The molecule has 46 heavy (non-hydrogen) atoms. The normalized spacial score (nSPS) is 15.7. The molecule has 0 saturated carbocycles. The van der Waals surface area contributed by atoms with Gasteiger partial charge in [-0.05, 0) is 82.0 Å². The van der Waals surface area contributed by atoms with Crippen LogP contribution in [0.5, 0.6) is 0 Å². The first-order valence-electron chi connectivity index (χ1n) is 15.1. The van der Waals surface area contributed by atoms with Crippen molar-refractivity contribution < 1.29 is 22.3 Å². The van der Waals surface area contributed by atoms with Crippen LogP contribution >= 0.6 is 0 Å². The topological polar surface area (TPSA) is 144 Å². The lowest BCUT2D eigenvalue weighted by atomic mass is 10.0. The van der Waals surface area contributed by atoms with Gasteiger partial charge >= 0.3 is 6.09 Å². The summed E-state index contributed by atoms with van der Waals surface area (Å²) in [5.41, 5.74) is 3.16. The molecule has 0 spiro atoms. The van der Waals surface area contributed by atoms with E-state index in [1.54, 1.807) is 21.7 Å². The molecule has 2 aromatic carbocycles. The molecule has 0 aliphatic carbocycles. The summed E-state index contributed by atoms with van der Waals surface area (Å²) in [6.45, 7) is 8.75. The lowest BCUT2D eigenvalue weighted by Gasteiger charge is -2.34. The molecule has 3 aromatic heterocycles. The van der Waals surface area contributed by atoms with Gasteiger partial charge < -0.3 is 15.0 Å². The summed E-state index contributed by atoms with van der Waals surface area (Å²) in [6.07, 6.45) is 5.10. The van der Waals surface area contributed by atoms with Crippen LogP contribution in [0, 0.1) is 5.82 Å². The van der Waals surface area contributed by atoms with Gasteiger partial charge in [-0.1, -0.05) is 19.1 Å². The Morgan fingerprint density at radius 1 is 1.13 bits per heavy atom. The summed E-state index contributed by atoms with van der Waals surface area (Å²) in [5.74, 6) is -0.354. The highest BCUT2D eigenvalue weighted by Gasteiger charge is 2.28. The first-order chi connectivity index (χ1) is 21.9. The van der Waals surface area contributed by atoms with E-state index in [1.165, 1.54) is 24.5 Å². The van der Waals surface area contributed by atoms with Gasteiger partial charge in [0, 0.05) is 36.3 Å². The van der Waals surface area contributed by atoms with E-state index in [0.717, 1.165) is 40.9 Å². The van der Waals surface area contributed by atoms with Gasteiger partial charge in [-0.15, -0.1) is 0 Å². The number of benzene rings is 2. The highest BCUT2D eigenvalue weighted by molar-refractivity contribution is 7.92. The number of aryl methyl sites for hydroxylation is 1. The molecule has 12 nitrogen and oxygen atoms in total. The zero-order valence-corrected chi connectivity index (χ0v) is 26.8. The standard InChI is InChI=1S/C32H35FN8O4S/c1-5-20-15-21(25-12-13-26-29(35-19-36-41(25)26)39-46(43,44)27-11-7-6-10-24(27)33)16-22-17-34-30(38-28(20)22)37-23-9-8-14-40(18-23)31(42)45-32(2,3)4/h6-7,10-13,15-17,19,23H,5,8-9,14,18H2,1-4H3,(H,34,37,38)(H,35,36,39)/t23-/m0/s1. The van der Waals surface area contributed by atoms with Gasteiger partial charge in [0.2, 0.25) is 5.95 Å². The number of nitrogens with one attached hydrogen (secondary N) is 2. The number of ether oxygens (including phenoxy) is 1. The maximum atomic E-state index is 14.3. The number of halogens is 1. The number of amides is 1. The summed E-state index contributed by atoms with van der Waals surface area (Å²) in [6, 6.07) is 12.6. The van der Waals surface area contributed by atoms with Crippen LogP contribution in [0.1, 0.15) is 46.1 Å². The number of carbonyl (C=O) groups is 1. The van der Waals surface area contributed by atoms with Crippen molar-refractivity contribution in [2.75, 3.05) is 23.1 Å². The second-order valence-corrected chi connectivity index (χ2v) is 13.8. The van der Waals surface area contributed by atoms with E-state index in [1.807, 2.05) is 45.9 Å². The summed E-state index contributed by atoms with van der Waals surface area (Å²) >= 11 is 0. The third kappa shape index (κ3) is 6.43. The van der Waals surface area contributed by atoms with Crippen molar-refractivity contribution in [3.63, 3.8) is 0 Å². The molecule has 1 aliphatic rings. The summed E-state index contributed by atoms with van der Waals surface area (Å²) in [4.78, 5) is 27.4. The highest BCUT2D eigenvalue weighted by Crippen LogP contribution is 2.31. The molecular formula is C32H35FN8O4S. The van der Waals surface area contributed by atoms with Crippen LogP contribution in [-0.4, -0.2) is 68.7 Å². The van der Waals surface area contributed by atoms with Crippen molar-refractivity contribution in [2.45, 2.75) is 63.5 Å². The number of aromatic nitrogens is 5. The van der Waals surface area contributed by atoms with Crippen LogP contribution in [-0.2, 0) is 21.2 Å². The number of fused-ring (bicyclic) bond motifs is 2. The Hall–Kier alpha value is -4.85. The maximum absolute atomic E-state index is 14.3. The second kappa shape index (κ2) is 12.2. The summed E-state index contributed by atoms with van der Waals surface area (Å²) in [7, 11) is -4.24. The van der Waals surface area contributed by atoms with E-state index in [0.29, 0.717) is 36.7 Å². The van der Waals surface area contributed by atoms with Crippen LogP contribution in [0.2, 0.25) is 0 Å². The second-order valence-electron chi connectivity index (χ2n) is 12.2. The number of likely N-dealkylation sites (tertiary alicyclic amines) is 1. The molecule has 1 saturated heterocycles. The molecule has 0 bridgehead atoms. The minimum atomic E-state index is -4.24. The molecule has 1 atom stereocenters. The largest absolute Gasteiger partial charge is 0.444 e. The maximum Gasteiger partial charge on any atom is 0.410 e. The van der Waals surface area contributed by atoms with E-state index in [9.17, 15) is 17.6 Å². The van der Waals surface area contributed by atoms with Crippen molar-refractivity contribution in [1.29, 1.82) is 0 Å². The quantitative estimate of drug-likeness (QED) is 0.229. The number of sulfonamides is 1. The number of nitrogens with zero attached hydrogens (tertiary/aromatic N) is 6. The Labute approximate surface area is 266 Å². The summed E-state index contributed by atoms with van der Waals surface area (Å²) < 4.78 is 49.7. The third-order valence-electron chi connectivity index (χ3n) is 7.65. The number of hydrogen-bond donors (Lipinski definition) is 2. The Morgan fingerprint density at radius 3 is 2.70 bits per heavy atom.